The molecule has 0 amide bonds. The number of aromatic nitrogens is 2. The Morgan fingerprint density at radius 2 is 2.25 bits per heavy atom. The lowest BCUT2D eigenvalue weighted by atomic mass is 10.4. The van der Waals surface area contributed by atoms with E-state index in [9.17, 15) is 0 Å². The Morgan fingerprint density at radius 1 is 1.58 bits per heavy atom. The molecule has 0 aliphatic heterocycles. The summed E-state index contributed by atoms with van der Waals surface area (Å²) in [5.41, 5.74) is 0. The number of rotatable bonds is 3. The van der Waals surface area contributed by atoms with Crippen molar-refractivity contribution in [2.45, 2.75) is 13.0 Å². The number of hydrogen-bond donors (Lipinski definition) is 2. The first kappa shape index (κ1) is 9.22. The van der Waals surface area contributed by atoms with E-state index in [0.717, 1.165) is 0 Å². The van der Waals surface area contributed by atoms with Crippen molar-refractivity contribution >= 4 is 17.4 Å². The molecule has 0 radical (unpaired) electrons. The summed E-state index contributed by atoms with van der Waals surface area (Å²) in [6, 6.07) is -0.0702. The van der Waals surface area contributed by atoms with Gasteiger partial charge in [0, 0.05) is 18.4 Å². The lowest BCUT2D eigenvalue weighted by Gasteiger charge is -2.11. The van der Waals surface area contributed by atoms with Crippen molar-refractivity contribution in [1.29, 1.82) is 0 Å². The molecule has 0 saturated heterocycles. The van der Waals surface area contributed by atoms with Crippen LogP contribution in [0.4, 0.5) is 5.82 Å². The predicted molar refractivity (Wildman–Crippen MR) is 47.2 cm³/mol. The first-order valence-electron chi connectivity index (χ1n) is 3.58. The summed E-state index contributed by atoms with van der Waals surface area (Å²) in [6.07, 6.45) is 3.05. The van der Waals surface area contributed by atoms with E-state index < -0.39 is 0 Å². The highest BCUT2D eigenvalue weighted by atomic mass is 35.5. The fourth-order valence-corrected chi connectivity index (χ4v) is 0.857. The molecule has 0 fully saturated rings. The summed E-state index contributed by atoms with van der Waals surface area (Å²) in [7, 11) is 0. The fraction of sp³-hybridized carbons (Fsp3) is 0.429. The smallest absolute Gasteiger partial charge is 0.171 e. The highest BCUT2D eigenvalue weighted by Crippen LogP contribution is 2.14. The molecule has 0 saturated carbocycles. The van der Waals surface area contributed by atoms with Gasteiger partial charge in [-0.1, -0.05) is 11.6 Å². The van der Waals surface area contributed by atoms with Gasteiger partial charge in [0.2, 0.25) is 0 Å². The Bertz CT molecular complexity index is 256. The number of anilines is 1. The van der Waals surface area contributed by atoms with Gasteiger partial charge in [0.05, 0.1) is 6.61 Å². The van der Waals surface area contributed by atoms with Gasteiger partial charge < -0.3 is 10.4 Å². The van der Waals surface area contributed by atoms with Crippen LogP contribution in [0.25, 0.3) is 0 Å². The minimum absolute atomic E-state index is 0.0346. The third-order valence-electron chi connectivity index (χ3n) is 1.31. The lowest BCUT2D eigenvalue weighted by Crippen LogP contribution is -2.20. The highest BCUT2D eigenvalue weighted by Gasteiger charge is 2.04. The molecular weight excluding hydrogens is 178 g/mol. The molecule has 4 nitrogen and oxygen atoms in total. The van der Waals surface area contributed by atoms with E-state index in [1.165, 1.54) is 12.4 Å². The second kappa shape index (κ2) is 4.23. The molecule has 1 rings (SSSR count). The van der Waals surface area contributed by atoms with Crippen molar-refractivity contribution < 1.29 is 5.11 Å². The zero-order valence-corrected chi connectivity index (χ0v) is 7.41. The van der Waals surface area contributed by atoms with Gasteiger partial charge in [-0.05, 0) is 6.92 Å². The molecule has 12 heavy (non-hydrogen) atoms. The molecule has 1 aromatic rings. The molecule has 0 spiro atoms. The molecule has 1 unspecified atom stereocenters. The van der Waals surface area contributed by atoms with Gasteiger partial charge in [0.15, 0.2) is 11.0 Å². The van der Waals surface area contributed by atoms with E-state index in [4.69, 9.17) is 16.7 Å². The minimum atomic E-state index is -0.0702. The van der Waals surface area contributed by atoms with Gasteiger partial charge in [-0.3, -0.25) is 0 Å². The molecule has 0 bridgehead atoms. The Balaban J connectivity index is 2.69. The maximum absolute atomic E-state index is 8.73. The van der Waals surface area contributed by atoms with Crippen molar-refractivity contribution in [3.8, 4) is 0 Å². The number of halogens is 1. The van der Waals surface area contributed by atoms with Crippen LogP contribution in [0.1, 0.15) is 6.92 Å². The van der Waals surface area contributed by atoms with Crippen molar-refractivity contribution in [2.24, 2.45) is 0 Å². The van der Waals surface area contributed by atoms with Crippen LogP contribution in [0, 0.1) is 0 Å². The summed E-state index contributed by atoms with van der Waals surface area (Å²) in [6.45, 7) is 1.86. The van der Waals surface area contributed by atoms with E-state index >= 15 is 0 Å². The number of aliphatic hydroxyl groups excluding tert-OH is 1. The molecule has 1 aromatic heterocycles. The fourth-order valence-electron chi connectivity index (χ4n) is 0.697. The van der Waals surface area contributed by atoms with Gasteiger partial charge in [-0.15, -0.1) is 0 Å². The Labute approximate surface area is 75.6 Å². The van der Waals surface area contributed by atoms with Crippen molar-refractivity contribution in [3.63, 3.8) is 0 Å². The molecule has 1 atom stereocenters. The number of aliphatic hydroxyl groups is 1. The molecular formula is C7H10ClN3O. The summed E-state index contributed by atoms with van der Waals surface area (Å²) >= 11 is 5.71. The molecule has 0 aliphatic rings. The Hall–Kier alpha value is -0.870. The number of nitrogens with zero attached hydrogens (tertiary/aromatic N) is 2. The highest BCUT2D eigenvalue weighted by molar-refractivity contribution is 6.31. The van der Waals surface area contributed by atoms with E-state index in [2.05, 4.69) is 15.3 Å². The van der Waals surface area contributed by atoms with Crippen molar-refractivity contribution in [1.82, 2.24) is 9.97 Å². The maximum atomic E-state index is 8.73. The minimum Gasteiger partial charge on any atom is -0.394 e. The second-order valence-corrected chi connectivity index (χ2v) is 2.78. The zero-order valence-electron chi connectivity index (χ0n) is 6.66. The largest absolute Gasteiger partial charge is 0.394 e. The van der Waals surface area contributed by atoms with Crippen LogP contribution >= 0.6 is 11.6 Å². The third-order valence-corrected chi connectivity index (χ3v) is 1.59. The van der Waals surface area contributed by atoms with Crippen LogP contribution in [-0.4, -0.2) is 27.7 Å². The van der Waals surface area contributed by atoms with E-state index in [1.54, 1.807) is 0 Å². The van der Waals surface area contributed by atoms with Gasteiger partial charge in [0.1, 0.15) is 0 Å². The van der Waals surface area contributed by atoms with E-state index in [0.29, 0.717) is 11.0 Å². The van der Waals surface area contributed by atoms with Crippen molar-refractivity contribution in [2.75, 3.05) is 11.9 Å². The van der Waals surface area contributed by atoms with Gasteiger partial charge in [-0.25, -0.2) is 9.97 Å². The average molecular weight is 188 g/mol. The van der Waals surface area contributed by atoms with E-state index in [-0.39, 0.29) is 12.6 Å². The second-order valence-electron chi connectivity index (χ2n) is 2.42. The van der Waals surface area contributed by atoms with Gasteiger partial charge >= 0.3 is 0 Å². The summed E-state index contributed by atoms with van der Waals surface area (Å²) < 4.78 is 0. The van der Waals surface area contributed by atoms with Gasteiger partial charge in [0.25, 0.3) is 0 Å². The molecule has 66 valence electrons. The van der Waals surface area contributed by atoms with Crippen LogP contribution < -0.4 is 5.32 Å². The van der Waals surface area contributed by atoms with Gasteiger partial charge in [-0.2, -0.15) is 0 Å². The molecule has 5 heteroatoms. The topological polar surface area (TPSA) is 58.0 Å². The molecule has 1 heterocycles. The van der Waals surface area contributed by atoms with Crippen LogP contribution in [0.2, 0.25) is 5.15 Å². The number of hydrogen-bond acceptors (Lipinski definition) is 4. The van der Waals surface area contributed by atoms with E-state index in [1.807, 2.05) is 6.92 Å². The first-order valence-corrected chi connectivity index (χ1v) is 3.95. The molecule has 0 aliphatic carbocycles. The van der Waals surface area contributed by atoms with Crippen LogP contribution in [-0.2, 0) is 0 Å². The summed E-state index contributed by atoms with van der Waals surface area (Å²) in [4.78, 5) is 7.77. The Morgan fingerprint density at radius 3 is 2.83 bits per heavy atom. The van der Waals surface area contributed by atoms with Crippen LogP contribution in [0.3, 0.4) is 0 Å². The number of nitrogens with one attached hydrogen (secondary N) is 1. The Kier molecular flexibility index (Phi) is 3.25. The normalized spacial score (nSPS) is 12.6. The maximum Gasteiger partial charge on any atom is 0.171 e. The zero-order chi connectivity index (χ0) is 8.97. The lowest BCUT2D eigenvalue weighted by molar-refractivity contribution is 0.281. The molecule has 0 aromatic carbocycles. The SMILES string of the molecule is CC(CO)Nc1nccnc1Cl. The third kappa shape index (κ3) is 2.32. The first-order chi connectivity index (χ1) is 5.74. The van der Waals surface area contributed by atoms with Crippen molar-refractivity contribution in [3.05, 3.63) is 17.5 Å². The predicted octanol–water partition coefficient (Wildman–Crippen LogP) is 0.923. The summed E-state index contributed by atoms with van der Waals surface area (Å²) in [5, 5.41) is 12.0. The van der Waals surface area contributed by atoms with Crippen LogP contribution in [0.5, 0.6) is 0 Å². The standard InChI is InChI=1S/C7H10ClN3O/c1-5(4-12)11-7-6(8)9-2-3-10-7/h2-3,5,12H,4H2,1H3,(H,10,11). The average Bonchev–Trinajstić information content (AvgIpc) is 2.09. The van der Waals surface area contributed by atoms with Crippen LogP contribution in [0.15, 0.2) is 12.4 Å². The monoisotopic (exact) mass is 187 g/mol. The quantitative estimate of drug-likeness (QED) is 0.739. The molecule has 2 N–H and O–H groups in total. The summed E-state index contributed by atoms with van der Waals surface area (Å²) in [5.74, 6) is 0.501.